The molecule has 0 heterocycles. The Labute approximate surface area is 129 Å². The quantitative estimate of drug-likeness (QED) is 0.752. The summed E-state index contributed by atoms with van der Waals surface area (Å²) in [6.07, 6.45) is 9.23. The van der Waals surface area contributed by atoms with Gasteiger partial charge in [0.15, 0.2) is 5.11 Å². The summed E-state index contributed by atoms with van der Waals surface area (Å²) in [4.78, 5) is 0. The number of anilines is 1. The SMILES string of the molecule is S=C(Nc1cccc(Br)c1)NC1CCCCCCC1. The average molecular weight is 341 g/mol. The Bertz CT molecular complexity index is 414. The number of rotatable bonds is 2. The van der Waals surface area contributed by atoms with Crippen molar-refractivity contribution in [1.82, 2.24) is 5.32 Å². The summed E-state index contributed by atoms with van der Waals surface area (Å²) in [5.41, 5.74) is 1.03. The molecule has 0 atom stereocenters. The van der Waals surface area contributed by atoms with Gasteiger partial charge in [-0.1, -0.05) is 54.1 Å². The molecule has 0 saturated heterocycles. The van der Waals surface area contributed by atoms with Gasteiger partial charge in [0.05, 0.1) is 0 Å². The molecule has 1 aromatic carbocycles. The average Bonchev–Trinajstić information content (AvgIpc) is 2.32. The normalized spacial score (nSPS) is 17.3. The van der Waals surface area contributed by atoms with Crippen molar-refractivity contribution in [3.63, 3.8) is 0 Å². The summed E-state index contributed by atoms with van der Waals surface area (Å²) in [5, 5.41) is 7.46. The maximum Gasteiger partial charge on any atom is 0.170 e. The zero-order valence-corrected chi connectivity index (χ0v) is 13.5. The molecule has 0 amide bonds. The van der Waals surface area contributed by atoms with E-state index >= 15 is 0 Å². The summed E-state index contributed by atoms with van der Waals surface area (Å²) in [5.74, 6) is 0. The molecule has 104 valence electrons. The number of halogens is 1. The zero-order chi connectivity index (χ0) is 13.5. The van der Waals surface area contributed by atoms with Gasteiger partial charge in [0.1, 0.15) is 0 Å². The first-order chi connectivity index (χ1) is 9.24. The van der Waals surface area contributed by atoms with E-state index in [2.05, 4.69) is 26.6 Å². The molecule has 1 aliphatic rings. The first-order valence-electron chi connectivity index (χ1n) is 7.07. The van der Waals surface area contributed by atoms with E-state index in [4.69, 9.17) is 12.2 Å². The molecule has 4 heteroatoms. The predicted molar refractivity (Wildman–Crippen MR) is 89.6 cm³/mol. The monoisotopic (exact) mass is 340 g/mol. The van der Waals surface area contributed by atoms with Crippen molar-refractivity contribution >= 4 is 38.9 Å². The number of nitrogens with one attached hydrogen (secondary N) is 2. The highest BCUT2D eigenvalue weighted by molar-refractivity contribution is 9.10. The lowest BCUT2D eigenvalue weighted by atomic mass is 9.97. The molecule has 1 aliphatic carbocycles. The lowest BCUT2D eigenvalue weighted by molar-refractivity contribution is 0.430. The van der Waals surface area contributed by atoms with Gasteiger partial charge in [0.25, 0.3) is 0 Å². The fourth-order valence-corrected chi connectivity index (χ4v) is 3.20. The van der Waals surface area contributed by atoms with Gasteiger partial charge < -0.3 is 10.6 Å². The van der Waals surface area contributed by atoms with E-state index in [1.807, 2.05) is 24.3 Å². The van der Waals surface area contributed by atoms with Crippen LogP contribution in [0.3, 0.4) is 0 Å². The van der Waals surface area contributed by atoms with Gasteiger partial charge >= 0.3 is 0 Å². The highest BCUT2D eigenvalue weighted by Crippen LogP contribution is 2.18. The van der Waals surface area contributed by atoms with Crippen LogP contribution in [0.2, 0.25) is 0 Å². The standard InChI is InChI=1S/C15H21BrN2S/c16-12-7-6-10-14(11-12)18-15(19)17-13-8-4-2-1-3-5-9-13/h6-7,10-11,13H,1-5,8-9H2,(H2,17,18,19). The van der Waals surface area contributed by atoms with Crippen LogP contribution in [-0.4, -0.2) is 11.2 Å². The molecule has 0 spiro atoms. The van der Waals surface area contributed by atoms with Crippen molar-refractivity contribution < 1.29 is 0 Å². The Hall–Kier alpha value is -0.610. The molecule has 2 nitrogen and oxygen atoms in total. The van der Waals surface area contributed by atoms with Crippen molar-refractivity contribution in [1.29, 1.82) is 0 Å². The van der Waals surface area contributed by atoms with Crippen LogP contribution in [0.15, 0.2) is 28.7 Å². The summed E-state index contributed by atoms with van der Waals surface area (Å²) >= 11 is 8.87. The van der Waals surface area contributed by atoms with Crippen LogP contribution in [-0.2, 0) is 0 Å². The Morgan fingerprint density at radius 3 is 2.47 bits per heavy atom. The van der Waals surface area contributed by atoms with Gasteiger partial charge in [-0.2, -0.15) is 0 Å². The lowest BCUT2D eigenvalue weighted by Crippen LogP contribution is -2.38. The van der Waals surface area contributed by atoms with Crippen LogP contribution in [0, 0.1) is 0 Å². The van der Waals surface area contributed by atoms with Crippen molar-refractivity contribution in [3.8, 4) is 0 Å². The Balaban J connectivity index is 1.82. The minimum Gasteiger partial charge on any atom is -0.360 e. The molecule has 0 aliphatic heterocycles. The van der Waals surface area contributed by atoms with E-state index < -0.39 is 0 Å². The van der Waals surface area contributed by atoms with Gasteiger partial charge in [-0.15, -0.1) is 0 Å². The fourth-order valence-electron chi connectivity index (χ4n) is 2.52. The van der Waals surface area contributed by atoms with Crippen LogP contribution >= 0.6 is 28.1 Å². The summed E-state index contributed by atoms with van der Waals surface area (Å²) < 4.78 is 1.06. The van der Waals surface area contributed by atoms with Crippen LogP contribution < -0.4 is 10.6 Å². The zero-order valence-electron chi connectivity index (χ0n) is 11.1. The smallest absolute Gasteiger partial charge is 0.170 e. The summed E-state index contributed by atoms with van der Waals surface area (Å²) in [6.45, 7) is 0. The van der Waals surface area contributed by atoms with Crippen molar-refractivity contribution in [3.05, 3.63) is 28.7 Å². The van der Waals surface area contributed by atoms with Crippen LogP contribution in [0.1, 0.15) is 44.9 Å². The molecule has 2 rings (SSSR count). The first-order valence-corrected chi connectivity index (χ1v) is 8.27. The maximum absolute atomic E-state index is 5.40. The van der Waals surface area contributed by atoms with Gasteiger partial charge in [0, 0.05) is 16.2 Å². The molecular formula is C15H21BrN2S. The van der Waals surface area contributed by atoms with Crippen LogP contribution in [0.4, 0.5) is 5.69 Å². The second-order valence-corrected chi connectivity index (χ2v) is 6.47. The molecule has 1 fully saturated rings. The minimum atomic E-state index is 0.535. The first kappa shape index (κ1) is 14.8. The largest absolute Gasteiger partial charge is 0.360 e. The summed E-state index contributed by atoms with van der Waals surface area (Å²) in [7, 11) is 0. The summed E-state index contributed by atoms with van der Waals surface area (Å²) in [6, 6.07) is 8.61. The fraction of sp³-hybridized carbons (Fsp3) is 0.533. The second kappa shape index (κ2) is 7.85. The minimum absolute atomic E-state index is 0.535. The molecule has 0 aromatic heterocycles. The third-order valence-corrected chi connectivity index (χ3v) is 4.24. The highest BCUT2D eigenvalue weighted by Gasteiger charge is 2.12. The van der Waals surface area contributed by atoms with E-state index in [-0.39, 0.29) is 0 Å². The number of hydrogen-bond acceptors (Lipinski definition) is 1. The lowest BCUT2D eigenvalue weighted by Gasteiger charge is -2.22. The number of hydrogen-bond donors (Lipinski definition) is 2. The van der Waals surface area contributed by atoms with Gasteiger partial charge in [-0.25, -0.2) is 0 Å². The van der Waals surface area contributed by atoms with Gasteiger partial charge in [-0.05, 0) is 43.3 Å². The topological polar surface area (TPSA) is 24.1 Å². The highest BCUT2D eigenvalue weighted by atomic mass is 79.9. The molecule has 0 unspecified atom stereocenters. The molecule has 19 heavy (non-hydrogen) atoms. The van der Waals surface area contributed by atoms with Crippen molar-refractivity contribution in [2.24, 2.45) is 0 Å². The van der Waals surface area contributed by atoms with E-state index in [9.17, 15) is 0 Å². The third kappa shape index (κ3) is 5.49. The van der Waals surface area contributed by atoms with E-state index in [0.29, 0.717) is 6.04 Å². The predicted octanol–water partition coefficient (Wildman–Crippen LogP) is 4.85. The molecule has 1 saturated carbocycles. The maximum atomic E-state index is 5.40. The van der Waals surface area contributed by atoms with E-state index in [1.165, 1.54) is 44.9 Å². The van der Waals surface area contributed by atoms with Gasteiger partial charge in [-0.3, -0.25) is 0 Å². The Kier molecular flexibility index (Phi) is 6.11. The van der Waals surface area contributed by atoms with Crippen LogP contribution in [0.5, 0.6) is 0 Å². The Morgan fingerprint density at radius 1 is 1.11 bits per heavy atom. The van der Waals surface area contributed by atoms with Crippen molar-refractivity contribution in [2.45, 2.75) is 51.0 Å². The van der Waals surface area contributed by atoms with E-state index in [0.717, 1.165) is 15.3 Å². The molecular weight excluding hydrogens is 320 g/mol. The Morgan fingerprint density at radius 2 is 1.79 bits per heavy atom. The van der Waals surface area contributed by atoms with Gasteiger partial charge in [0.2, 0.25) is 0 Å². The third-order valence-electron chi connectivity index (χ3n) is 3.52. The molecule has 1 aromatic rings. The number of benzene rings is 1. The molecule has 2 N–H and O–H groups in total. The second-order valence-electron chi connectivity index (χ2n) is 5.15. The number of thiocarbonyl (C=S) groups is 1. The van der Waals surface area contributed by atoms with E-state index in [1.54, 1.807) is 0 Å². The van der Waals surface area contributed by atoms with Crippen LogP contribution in [0.25, 0.3) is 0 Å². The molecule has 0 bridgehead atoms. The van der Waals surface area contributed by atoms with Crippen molar-refractivity contribution in [2.75, 3.05) is 5.32 Å². The molecule has 0 radical (unpaired) electrons.